The highest BCUT2D eigenvalue weighted by atomic mass is 16.5. The topological polar surface area (TPSA) is 170 Å². The number of hydrogen-bond acceptors (Lipinski definition) is 9. The molecule has 5 rings (SSSR count). The highest BCUT2D eigenvalue weighted by molar-refractivity contribution is 5.99. The van der Waals surface area contributed by atoms with Crippen molar-refractivity contribution in [2.75, 3.05) is 31.0 Å². The monoisotopic (exact) mass is 502 g/mol. The second-order valence-electron chi connectivity index (χ2n) is 8.94. The normalized spacial score (nSPS) is 15.6. The molecule has 2 aromatic heterocycles. The number of nitrogens with one attached hydrogen (secondary N) is 2. The minimum Gasteiger partial charge on any atom is -0.494 e. The van der Waals surface area contributed by atoms with E-state index in [2.05, 4.69) is 32.0 Å². The van der Waals surface area contributed by atoms with Gasteiger partial charge in [-0.3, -0.25) is 14.3 Å². The molecule has 1 saturated heterocycles. The highest BCUT2D eigenvalue weighted by Crippen LogP contribution is 2.40. The van der Waals surface area contributed by atoms with E-state index in [1.54, 1.807) is 23.0 Å². The molecule has 1 aromatic carbocycles. The molecular weight excluding hydrogens is 476 g/mol. The minimum atomic E-state index is -0.783. The number of nitriles is 1. The van der Waals surface area contributed by atoms with E-state index in [0.29, 0.717) is 41.5 Å². The van der Waals surface area contributed by atoms with Gasteiger partial charge in [-0.2, -0.15) is 10.4 Å². The molecule has 0 bridgehead atoms. The second kappa shape index (κ2) is 10.2. The number of carbonyl (C=O) groups is 2. The van der Waals surface area contributed by atoms with Crippen molar-refractivity contribution in [3.63, 3.8) is 0 Å². The van der Waals surface area contributed by atoms with Crippen molar-refractivity contribution < 1.29 is 19.1 Å². The molecule has 0 radical (unpaired) electrons. The van der Waals surface area contributed by atoms with Gasteiger partial charge in [0.05, 0.1) is 30.7 Å². The van der Waals surface area contributed by atoms with Gasteiger partial charge < -0.3 is 25.8 Å². The third-order valence-corrected chi connectivity index (χ3v) is 6.44. The molecule has 1 saturated carbocycles. The van der Waals surface area contributed by atoms with Crippen LogP contribution >= 0.6 is 0 Å². The number of anilines is 3. The minimum absolute atomic E-state index is 0.0258. The summed E-state index contributed by atoms with van der Waals surface area (Å²) in [4.78, 5) is 24.2. The highest BCUT2D eigenvalue weighted by Gasteiger charge is 2.30. The fourth-order valence-electron chi connectivity index (χ4n) is 4.39. The second-order valence-corrected chi connectivity index (χ2v) is 8.94. The van der Waals surface area contributed by atoms with Gasteiger partial charge in [-0.1, -0.05) is 12.1 Å². The first-order valence-corrected chi connectivity index (χ1v) is 12.0. The van der Waals surface area contributed by atoms with Crippen LogP contribution in [-0.2, 0) is 9.53 Å². The number of hydrogen-bond donors (Lipinski definition) is 3. The molecule has 2 fully saturated rings. The first-order chi connectivity index (χ1) is 18.0. The Morgan fingerprint density at radius 1 is 1.16 bits per heavy atom. The predicted octanol–water partition coefficient (Wildman–Crippen LogP) is 2.76. The van der Waals surface area contributed by atoms with Crippen LogP contribution < -0.4 is 21.1 Å². The molecule has 0 spiro atoms. The van der Waals surface area contributed by atoms with E-state index in [1.807, 2.05) is 6.07 Å². The van der Waals surface area contributed by atoms with Gasteiger partial charge in [0.25, 0.3) is 5.91 Å². The van der Waals surface area contributed by atoms with E-state index < -0.39 is 5.91 Å². The molecule has 1 aliphatic carbocycles. The van der Waals surface area contributed by atoms with Crippen molar-refractivity contribution in [3.05, 3.63) is 41.9 Å². The van der Waals surface area contributed by atoms with Crippen LogP contribution in [0, 0.1) is 17.2 Å². The molecule has 2 aliphatic rings. The predicted molar refractivity (Wildman–Crippen MR) is 133 cm³/mol. The van der Waals surface area contributed by atoms with E-state index in [0.717, 1.165) is 25.7 Å². The van der Waals surface area contributed by atoms with E-state index in [-0.39, 0.29) is 35.1 Å². The molecule has 0 unspecified atom stereocenters. The lowest BCUT2D eigenvalue weighted by molar-refractivity contribution is -0.117. The van der Waals surface area contributed by atoms with Gasteiger partial charge in [-0.15, -0.1) is 10.2 Å². The van der Waals surface area contributed by atoms with Crippen LogP contribution in [0.5, 0.6) is 5.75 Å². The Morgan fingerprint density at radius 2 is 1.95 bits per heavy atom. The molecule has 4 N–H and O–H groups in total. The Kier molecular flexibility index (Phi) is 6.70. The number of nitrogens with zero attached hydrogens (tertiary/aromatic N) is 5. The van der Waals surface area contributed by atoms with Crippen LogP contribution in [0.15, 0.2) is 30.5 Å². The number of benzene rings is 1. The van der Waals surface area contributed by atoms with Gasteiger partial charge in [0.15, 0.2) is 11.5 Å². The molecule has 12 heteroatoms. The van der Waals surface area contributed by atoms with Crippen LogP contribution in [0.2, 0.25) is 0 Å². The lowest BCUT2D eigenvalue weighted by Crippen LogP contribution is -2.21. The maximum atomic E-state index is 12.2. The number of amides is 2. The number of nitrogens with two attached hydrogens (primary N) is 1. The van der Waals surface area contributed by atoms with Gasteiger partial charge in [0.2, 0.25) is 5.91 Å². The van der Waals surface area contributed by atoms with Crippen molar-refractivity contribution >= 4 is 29.0 Å². The molecule has 190 valence electrons. The number of primary amides is 1. The van der Waals surface area contributed by atoms with Crippen LogP contribution in [-0.4, -0.2) is 52.1 Å². The standard InChI is InChI=1S/C25H26N8O4/c1-36-23-16(17-13-28-33(20(17)12-26)15-7-9-37-10-8-15)3-2-4-18(23)29-19-11-21(30-25(35)14-5-6-14)31-32-22(19)24(27)34/h2-4,11,13-15H,5-10H2,1H3,(H2,27,34)(H2,29,30,31,35). The smallest absolute Gasteiger partial charge is 0.271 e. The molecule has 3 aromatic rings. The number of para-hydroxylation sites is 1. The van der Waals surface area contributed by atoms with Gasteiger partial charge in [0.1, 0.15) is 17.5 Å². The van der Waals surface area contributed by atoms with Crippen molar-refractivity contribution in [1.82, 2.24) is 20.0 Å². The third-order valence-electron chi connectivity index (χ3n) is 6.44. The number of aromatic nitrogens is 4. The van der Waals surface area contributed by atoms with Crippen molar-refractivity contribution in [2.45, 2.75) is 31.7 Å². The van der Waals surface area contributed by atoms with E-state index in [1.165, 1.54) is 13.2 Å². The fraction of sp³-hybridized carbons (Fsp3) is 0.360. The summed E-state index contributed by atoms with van der Waals surface area (Å²) in [6.07, 6.45) is 4.88. The summed E-state index contributed by atoms with van der Waals surface area (Å²) in [5.74, 6) is -0.320. The average Bonchev–Trinajstić information content (AvgIpc) is 3.68. The number of methoxy groups -OCH3 is 1. The SMILES string of the molecule is COc1c(Nc2cc(NC(=O)C3CC3)nnc2C(N)=O)cccc1-c1cnn(C2CCOCC2)c1C#N. The molecule has 3 heterocycles. The average molecular weight is 503 g/mol. The first kappa shape index (κ1) is 24.2. The quantitative estimate of drug-likeness (QED) is 0.419. The lowest BCUT2D eigenvalue weighted by atomic mass is 10.0. The molecular formula is C25H26N8O4. The zero-order chi connectivity index (χ0) is 25.9. The van der Waals surface area contributed by atoms with Gasteiger partial charge in [-0.25, -0.2) is 0 Å². The van der Waals surface area contributed by atoms with E-state index in [9.17, 15) is 14.9 Å². The summed E-state index contributed by atoms with van der Waals surface area (Å²) in [5, 5.41) is 28.2. The molecule has 0 atom stereocenters. The summed E-state index contributed by atoms with van der Waals surface area (Å²) in [6.45, 7) is 1.25. The summed E-state index contributed by atoms with van der Waals surface area (Å²) in [7, 11) is 1.51. The summed E-state index contributed by atoms with van der Waals surface area (Å²) in [5.41, 5.74) is 7.87. The Hall–Kier alpha value is -4.50. The summed E-state index contributed by atoms with van der Waals surface area (Å²) in [6, 6.07) is 9.25. The Balaban J connectivity index is 1.50. The van der Waals surface area contributed by atoms with E-state index in [4.69, 9.17) is 15.2 Å². The molecule has 12 nitrogen and oxygen atoms in total. The van der Waals surface area contributed by atoms with Gasteiger partial charge >= 0.3 is 0 Å². The van der Waals surface area contributed by atoms with Crippen LogP contribution in [0.3, 0.4) is 0 Å². The Morgan fingerprint density at radius 3 is 2.62 bits per heavy atom. The zero-order valence-corrected chi connectivity index (χ0v) is 20.2. The zero-order valence-electron chi connectivity index (χ0n) is 20.2. The maximum Gasteiger partial charge on any atom is 0.271 e. The summed E-state index contributed by atoms with van der Waals surface area (Å²) < 4.78 is 12.9. The number of ether oxygens (including phenoxy) is 2. The largest absolute Gasteiger partial charge is 0.494 e. The third kappa shape index (κ3) is 4.94. The van der Waals surface area contributed by atoms with E-state index >= 15 is 0 Å². The fourth-order valence-corrected chi connectivity index (χ4v) is 4.39. The Labute approximate surface area is 212 Å². The van der Waals surface area contributed by atoms with Crippen molar-refractivity contribution in [2.24, 2.45) is 11.7 Å². The van der Waals surface area contributed by atoms with Crippen LogP contribution in [0.1, 0.15) is 47.9 Å². The van der Waals surface area contributed by atoms with Gasteiger partial charge in [0, 0.05) is 36.3 Å². The lowest BCUT2D eigenvalue weighted by Gasteiger charge is -2.23. The summed E-state index contributed by atoms with van der Waals surface area (Å²) >= 11 is 0. The maximum absolute atomic E-state index is 12.2. The number of carbonyl (C=O) groups excluding carboxylic acids is 2. The van der Waals surface area contributed by atoms with Gasteiger partial charge in [-0.05, 0) is 31.7 Å². The Bertz CT molecular complexity index is 1390. The number of rotatable bonds is 8. The molecule has 2 amide bonds. The molecule has 1 aliphatic heterocycles. The van der Waals surface area contributed by atoms with Crippen molar-refractivity contribution in [1.29, 1.82) is 5.26 Å². The van der Waals surface area contributed by atoms with Crippen molar-refractivity contribution in [3.8, 4) is 22.9 Å². The molecule has 37 heavy (non-hydrogen) atoms. The first-order valence-electron chi connectivity index (χ1n) is 12.0. The van der Waals surface area contributed by atoms with Crippen LogP contribution in [0.25, 0.3) is 11.1 Å². The van der Waals surface area contributed by atoms with Crippen LogP contribution in [0.4, 0.5) is 17.2 Å².